The van der Waals surface area contributed by atoms with Gasteiger partial charge >= 0.3 is 0 Å². The van der Waals surface area contributed by atoms with Gasteiger partial charge in [0.2, 0.25) is 10.0 Å². The molecule has 0 aliphatic carbocycles. The predicted octanol–water partition coefficient (Wildman–Crippen LogP) is 4.30. The summed E-state index contributed by atoms with van der Waals surface area (Å²) in [6.07, 6.45) is 3.08. The molecule has 0 saturated heterocycles. The zero-order valence-corrected chi connectivity index (χ0v) is 15.9. The number of carbonyl (C=O) groups is 1. The molecule has 0 fully saturated rings. The number of sulfonamides is 1. The van der Waals surface area contributed by atoms with Crippen molar-refractivity contribution in [1.82, 2.24) is 9.71 Å². The van der Waals surface area contributed by atoms with E-state index >= 15 is 0 Å². The van der Waals surface area contributed by atoms with Crippen molar-refractivity contribution in [2.75, 3.05) is 6.26 Å². The van der Waals surface area contributed by atoms with E-state index in [1.165, 1.54) is 0 Å². The Morgan fingerprint density at radius 1 is 1.08 bits per heavy atom. The molecule has 0 atom stereocenters. The van der Waals surface area contributed by atoms with Crippen LogP contribution in [0.4, 0.5) is 0 Å². The number of amides is 1. The zero-order chi connectivity index (χ0) is 17.5. The second-order valence-corrected chi connectivity index (χ2v) is 4.80. The molecular weight excluding hydrogens is 323 g/mol. The van der Waals surface area contributed by atoms with Crippen molar-refractivity contribution in [2.24, 2.45) is 0 Å². The normalized spacial score (nSPS) is 7.67. The number of hydrogen-bond acceptors (Lipinski definition) is 4. The smallest absolute Gasteiger partial charge is 0.266 e. The van der Waals surface area contributed by atoms with Crippen molar-refractivity contribution in [3.05, 3.63) is 29.6 Å². The first-order chi connectivity index (χ1) is 9.94. The number of nitrogens with one attached hydrogen (secondary N) is 1. The number of carbonyl (C=O) groups excluding carboxylic acids is 1. The SMILES string of the molecule is C.C.CC.CC.CC.CCc1ncccc1C(=O)NS(C)(=O)=O.[B]. The number of pyridine rings is 1. The van der Waals surface area contributed by atoms with E-state index in [1.807, 2.05) is 53.2 Å². The molecular formula is C17H38BN2O3S. The molecule has 0 aromatic carbocycles. The van der Waals surface area contributed by atoms with Crippen LogP contribution in [0.1, 0.15) is 79.4 Å². The number of hydrogen-bond donors (Lipinski definition) is 1. The molecule has 3 radical (unpaired) electrons. The van der Waals surface area contributed by atoms with Gasteiger partial charge in [0.15, 0.2) is 0 Å². The van der Waals surface area contributed by atoms with Crippen LogP contribution < -0.4 is 4.72 Å². The van der Waals surface area contributed by atoms with Gasteiger partial charge < -0.3 is 0 Å². The van der Waals surface area contributed by atoms with Crippen LogP contribution in [0.2, 0.25) is 0 Å². The Balaban J connectivity index is -0.0000000811. The number of rotatable bonds is 3. The van der Waals surface area contributed by atoms with Crippen LogP contribution in [0.3, 0.4) is 0 Å². The van der Waals surface area contributed by atoms with Crippen molar-refractivity contribution in [3.8, 4) is 0 Å². The fourth-order valence-electron chi connectivity index (χ4n) is 1.15. The highest BCUT2D eigenvalue weighted by Crippen LogP contribution is 2.06. The van der Waals surface area contributed by atoms with Crippen molar-refractivity contribution >= 4 is 24.3 Å². The predicted molar refractivity (Wildman–Crippen MR) is 109 cm³/mol. The summed E-state index contributed by atoms with van der Waals surface area (Å²) in [7, 11) is -3.52. The van der Waals surface area contributed by atoms with E-state index in [-0.39, 0.29) is 23.3 Å². The first-order valence-corrected chi connectivity index (χ1v) is 9.29. The van der Waals surface area contributed by atoms with E-state index in [9.17, 15) is 13.2 Å². The Morgan fingerprint density at radius 2 is 1.50 bits per heavy atom. The van der Waals surface area contributed by atoms with Crippen molar-refractivity contribution in [2.45, 2.75) is 69.7 Å². The maximum atomic E-state index is 11.5. The molecule has 24 heavy (non-hydrogen) atoms. The molecule has 143 valence electrons. The van der Waals surface area contributed by atoms with Crippen LogP contribution in [0, 0.1) is 0 Å². The third-order valence-corrected chi connectivity index (χ3v) is 2.30. The maximum Gasteiger partial charge on any atom is 0.266 e. The minimum Gasteiger partial charge on any atom is -0.268 e. The quantitative estimate of drug-likeness (QED) is 0.814. The average molecular weight is 361 g/mol. The molecule has 0 saturated carbocycles. The summed E-state index contributed by atoms with van der Waals surface area (Å²) in [5.41, 5.74) is 0.879. The molecule has 0 aliphatic heterocycles. The summed E-state index contributed by atoms with van der Waals surface area (Å²) < 4.78 is 23.6. The molecule has 1 aromatic heterocycles. The summed E-state index contributed by atoms with van der Waals surface area (Å²) in [4.78, 5) is 15.5. The van der Waals surface area contributed by atoms with Crippen LogP contribution >= 0.6 is 0 Å². The van der Waals surface area contributed by atoms with Crippen molar-refractivity contribution in [3.63, 3.8) is 0 Å². The molecule has 1 heterocycles. The second kappa shape index (κ2) is 23.9. The van der Waals surface area contributed by atoms with Crippen LogP contribution in [-0.2, 0) is 16.4 Å². The van der Waals surface area contributed by atoms with E-state index in [4.69, 9.17) is 0 Å². The molecule has 7 heteroatoms. The van der Waals surface area contributed by atoms with E-state index < -0.39 is 15.9 Å². The van der Waals surface area contributed by atoms with Gasteiger partial charge in [-0.05, 0) is 18.6 Å². The molecule has 1 aromatic rings. The number of nitrogens with zero attached hydrogens (tertiary/aromatic N) is 1. The van der Waals surface area contributed by atoms with Gasteiger partial charge in [-0.3, -0.25) is 9.78 Å². The van der Waals surface area contributed by atoms with Crippen LogP contribution in [-0.4, -0.2) is 34.0 Å². The fraction of sp³-hybridized carbons (Fsp3) is 0.647. The van der Waals surface area contributed by atoms with Gasteiger partial charge in [0.25, 0.3) is 5.91 Å². The van der Waals surface area contributed by atoms with Gasteiger partial charge in [-0.25, -0.2) is 13.1 Å². The lowest BCUT2D eigenvalue weighted by molar-refractivity contribution is 0.0980. The lowest BCUT2D eigenvalue weighted by atomic mass is 10.1. The van der Waals surface area contributed by atoms with E-state index in [1.54, 1.807) is 18.3 Å². The van der Waals surface area contributed by atoms with Gasteiger partial charge in [-0.2, -0.15) is 0 Å². The minimum atomic E-state index is -3.52. The standard InChI is InChI=1S/C9H12N2O3S.3C2H6.2CH4.B/c1-3-8-7(5-4-6-10-8)9(12)11-15(2,13)14;3*1-2;;;/h4-6H,3H2,1-2H3,(H,11,12);3*1-2H3;2*1H4;. The monoisotopic (exact) mass is 361 g/mol. The van der Waals surface area contributed by atoms with Gasteiger partial charge in [0, 0.05) is 14.6 Å². The minimum absolute atomic E-state index is 0. The molecule has 0 bridgehead atoms. The highest BCUT2D eigenvalue weighted by atomic mass is 32.2. The van der Waals surface area contributed by atoms with Gasteiger partial charge in [-0.1, -0.05) is 63.3 Å². The number of aryl methyl sites for hydroxylation is 1. The first-order valence-electron chi connectivity index (χ1n) is 7.40. The molecule has 1 rings (SSSR count). The van der Waals surface area contributed by atoms with Crippen molar-refractivity contribution in [1.29, 1.82) is 0 Å². The molecule has 0 spiro atoms. The van der Waals surface area contributed by atoms with Crippen LogP contribution in [0.25, 0.3) is 0 Å². The molecule has 1 N–H and O–H groups in total. The fourth-order valence-corrected chi connectivity index (χ4v) is 1.60. The maximum absolute atomic E-state index is 11.5. The topological polar surface area (TPSA) is 76.1 Å². The Hall–Kier alpha value is -1.37. The third-order valence-electron chi connectivity index (χ3n) is 1.75. The average Bonchev–Trinajstić information content (AvgIpc) is 2.51. The van der Waals surface area contributed by atoms with Crippen LogP contribution in [0.5, 0.6) is 0 Å². The van der Waals surface area contributed by atoms with Gasteiger partial charge in [0.1, 0.15) is 0 Å². The Labute approximate surface area is 153 Å². The first kappa shape index (κ1) is 38.3. The Morgan fingerprint density at radius 3 is 1.83 bits per heavy atom. The summed E-state index contributed by atoms with van der Waals surface area (Å²) in [5.74, 6) is -0.637. The highest BCUT2D eigenvalue weighted by molar-refractivity contribution is 7.89. The molecule has 0 aliphatic rings. The van der Waals surface area contributed by atoms with Crippen molar-refractivity contribution < 1.29 is 13.2 Å². The highest BCUT2D eigenvalue weighted by Gasteiger charge is 2.14. The summed E-state index contributed by atoms with van der Waals surface area (Å²) in [6.45, 7) is 13.8. The zero-order valence-electron chi connectivity index (χ0n) is 15.1. The largest absolute Gasteiger partial charge is 0.268 e. The summed E-state index contributed by atoms with van der Waals surface area (Å²) in [5, 5.41) is 0. The lowest BCUT2D eigenvalue weighted by Gasteiger charge is -2.05. The van der Waals surface area contributed by atoms with Crippen LogP contribution in [0.15, 0.2) is 18.3 Å². The summed E-state index contributed by atoms with van der Waals surface area (Å²) >= 11 is 0. The summed E-state index contributed by atoms with van der Waals surface area (Å²) in [6, 6.07) is 3.14. The van der Waals surface area contributed by atoms with Gasteiger partial charge in [-0.15, -0.1) is 0 Å². The van der Waals surface area contributed by atoms with E-state index in [2.05, 4.69) is 4.98 Å². The third kappa shape index (κ3) is 18.7. The lowest BCUT2D eigenvalue weighted by Crippen LogP contribution is -2.30. The Bertz CT molecular complexity index is 478. The molecule has 5 nitrogen and oxygen atoms in total. The second-order valence-electron chi connectivity index (χ2n) is 3.05. The molecule has 0 unspecified atom stereocenters. The molecule has 1 amide bonds. The van der Waals surface area contributed by atoms with E-state index in [0.717, 1.165) is 6.26 Å². The number of aromatic nitrogens is 1. The van der Waals surface area contributed by atoms with E-state index in [0.29, 0.717) is 17.7 Å². The van der Waals surface area contributed by atoms with Gasteiger partial charge in [0.05, 0.1) is 17.5 Å². The Kier molecular flexibility index (Phi) is 38.1.